The molecule has 0 aliphatic carbocycles. The lowest BCUT2D eigenvalue weighted by atomic mass is 10.1. The van der Waals surface area contributed by atoms with Gasteiger partial charge in [0, 0.05) is 25.5 Å². The molecular weight excluding hydrogens is 174 g/mol. The Morgan fingerprint density at radius 1 is 1.50 bits per heavy atom. The van der Waals surface area contributed by atoms with Crippen LogP contribution in [0, 0.1) is 0 Å². The van der Waals surface area contributed by atoms with Gasteiger partial charge in [0.05, 0.1) is 6.10 Å². The predicted molar refractivity (Wildman–Crippen MR) is 51.5 cm³/mol. The van der Waals surface area contributed by atoms with Gasteiger partial charge >= 0.3 is 0 Å². The number of aliphatic hydroxyl groups excluding tert-OH is 1. The summed E-state index contributed by atoms with van der Waals surface area (Å²) in [6.07, 6.45) is 1.68. The molecule has 70 valence electrons. The molecule has 0 bridgehead atoms. The van der Waals surface area contributed by atoms with E-state index in [0.29, 0.717) is 5.88 Å². The highest BCUT2D eigenvalue weighted by Gasteiger charge is 2.16. The number of aliphatic hydroxyl groups is 1. The van der Waals surface area contributed by atoms with Crippen LogP contribution < -0.4 is 0 Å². The van der Waals surface area contributed by atoms with E-state index in [2.05, 4.69) is 11.5 Å². The van der Waals surface area contributed by atoms with Gasteiger partial charge in [-0.1, -0.05) is 6.58 Å². The van der Waals surface area contributed by atoms with Crippen molar-refractivity contribution in [3.63, 3.8) is 0 Å². The first-order chi connectivity index (χ1) is 5.72. The highest BCUT2D eigenvalue weighted by atomic mass is 35.5. The lowest BCUT2D eigenvalue weighted by Crippen LogP contribution is -2.37. The highest BCUT2D eigenvalue weighted by molar-refractivity contribution is 6.19. The summed E-state index contributed by atoms with van der Waals surface area (Å²) in [6.45, 7) is 6.67. The van der Waals surface area contributed by atoms with Gasteiger partial charge in [-0.25, -0.2) is 0 Å². The van der Waals surface area contributed by atoms with Gasteiger partial charge in [-0.2, -0.15) is 0 Å². The number of halogens is 1. The monoisotopic (exact) mass is 189 g/mol. The minimum Gasteiger partial charge on any atom is -0.393 e. The maximum atomic E-state index is 9.24. The van der Waals surface area contributed by atoms with Crippen molar-refractivity contribution in [2.24, 2.45) is 0 Å². The van der Waals surface area contributed by atoms with E-state index < -0.39 is 0 Å². The fourth-order valence-corrected chi connectivity index (χ4v) is 1.52. The SMILES string of the molecule is C=C(CCl)CN1CCC(O)CC1. The Morgan fingerprint density at radius 3 is 2.58 bits per heavy atom. The van der Waals surface area contributed by atoms with Crippen molar-refractivity contribution in [2.75, 3.05) is 25.5 Å². The summed E-state index contributed by atoms with van der Waals surface area (Å²) in [5, 5.41) is 9.24. The van der Waals surface area contributed by atoms with Crippen LogP contribution in [0.1, 0.15) is 12.8 Å². The lowest BCUT2D eigenvalue weighted by Gasteiger charge is -2.29. The smallest absolute Gasteiger partial charge is 0.0564 e. The fraction of sp³-hybridized carbons (Fsp3) is 0.778. The molecule has 0 atom stereocenters. The summed E-state index contributed by atoms with van der Waals surface area (Å²) >= 11 is 5.62. The molecule has 12 heavy (non-hydrogen) atoms. The van der Waals surface area contributed by atoms with Gasteiger partial charge in [0.2, 0.25) is 0 Å². The van der Waals surface area contributed by atoms with E-state index in [1.807, 2.05) is 0 Å². The van der Waals surface area contributed by atoms with Crippen molar-refractivity contribution in [3.05, 3.63) is 12.2 Å². The Hall–Kier alpha value is -0.0500. The van der Waals surface area contributed by atoms with E-state index in [-0.39, 0.29) is 6.10 Å². The molecule has 0 saturated carbocycles. The largest absolute Gasteiger partial charge is 0.393 e. The van der Waals surface area contributed by atoms with Crippen molar-refractivity contribution in [3.8, 4) is 0 Å². The zero-order chi connectivity index (χ0) is 8.97. The molecule has 1 saturated heterocycles. The van der Waals surface area contributed by atoms with E-state index in [1.54, 1.807) is 0 Å². The van der Waals surface area contributed by atoms with Crippen LogP contribution in [0.5, 0.6) is 0 Å². The average Bonchev–Trinajstić information content (AvgIpc) is 2.09. The Bertz CT molecular complexity index is 153. The molecule has 0 radical (unpaired) electrons. The second-order valence-corrected chi connectivity index (χ2v) is 3.66. The first kappa shape index (κ1) is 10.0. The molecule has 2 nitrogen and oxygen atoms in total. The molecule has 1 fully saturated rings. The number of hydrogen-bond acceptors (Lipinski definition) is 2. The highest BCUT2D eigenvalue weighted by Crippen LogP contribution is 2.11. The summed E-state index contributed by atoms with van der Waals surface area (Å²) in [7, 11) is 0. The van der Waals surface area contributed by atoms with Crippen LogP contribution in [0.4, 0.5) is 0 Å². The van der Waals surface area contributed by atoms with E-state index in [4.69, 9.17) is 11.6 Å². The standard InChI is InChI=1S/C9H16ClNO/c1-8(6-10)7-11-4-2-9(12)3-5-11/h9,12H,1-7H2. The summed E-state index contributed by atoms with van der Waals surface area (Å²) < 4.78 is 0. The Kier molecular flexibility index (Phi) is 4.06. The van der Waals surface area contributed by atoms with Crippen LogP contribution in [0.3, 0.4) is 0 Å². The Morgan fingerprint density at radius 2 is 2.08 bits per heavy atom. The third-order valence-electron chi connectivity index (χ3n) is 2.19. The molecule has 0 amide bonds. The third-order valence-corrected chi connectivity index (χ3v) is 2.57. The van der Waals surface area contributed by atoms with Gasteiger partial charge in [-0.3, -0.25) is 4.90 Å². The lowest BCUT2D eigenvalue weighted by molar-refractivity contribution is 0.0870. The molecule has 1 heterocycles. The molecule has 1 N–H and O–H groups in total. The maximum Gasteiger partial charge on any atom is 0.0564 e. The van der Waals surface area contributed by atoms with Crippen LogP contribution in [0.25, 0.3) is 0 Å². The van der Waals surface area contributed by atoms with Crippen LogP contribution in [-0.2, 0) is 0 Å². The second kappa shape index (κ2) is 4.85. The molecule has 0 unspecified atom stereocenters. The zero-order valence-corrected chi connectivity index (χ0v) is 8.06. The minimum absolute atomic E-state index is 0.0921. The molecule has 1 aliphatic rings. The second-order valence-electron chi connectivity index (χ2n) is 3.39. The van der Waals surface area contributed by atoms with Crippen LogP contribution in [0.2, 0.25) is 0 Å². The van der Waals surface area contributed by atoms with E-state index in [1.165, 1.54) is 0 Å². The normalized spacial score (nSPS) is 21.2. The van der Waals surface area contributed by atoms with Crippen molar-refractivity contribution in [1.82, 2.24) is 4.90 Å². The van der Waals surface area contributed by atoms with Gasteiger partial charge < -0.3 is 5.11 Å². The molecule has 0 spiro atoms. The van der Waals surface area contributed by atoms with E-state index in [9.17, 15) is 5.11 Å². The van der Waals surface area contributed by atoms with Crippen molar-refractivity contribution in [1.29, 1.82) is 0 Å². The van der Waals surface area contributed by atoms with Crippen LogP contribution >= 0.6 is 11.6 Å². The van der Waals surface area contributed by atoms with Gasteiger partial charge in [0.15, 0.2) is 0 Å². The number of likely N-dealkylation sites (tertiary alicyclic amines) is 1. The number of piperidine rings is 1. The van der Waals surface area contributed by atoms with Crippen molar-refractivity contribution >= 4 is 11.6 Å². The van der Waals surface area contributed by atoms with Gasteiger partial charge in [-0.05, 0) is 18.4 Å². The number of hydrogen-bond donors (Lipinski definition) is 1. The summed E-state index contributed by atoms with van der Waals surface area (Å²) in [6, 6.07) is 0. The molecular formula is C9H16ClNO. The number of alkyl halides is 1. The summed E-state index contributed by atoms with van der Waals surface area (Å²) in [4.78, 5) is 2.29. The quantitative estimate of drug-likeness (QED) is 0.534. The first-order valence-corrected chi connectivity index (χ1v) is 4.89. The van der Waals surface area contributed by atoms with Gasteiger partial charge in [0.25, 0.3) is 0 Å². The number of nitrogens with zero attached hydrogens (tertiary/aromatic N) is 1. The Labute approximate surface area is 78.8 Å². The third kappa shape index (κ3) is 3.13. The van der Waals surface area contributed by atoms with E-state index in [0.717, 1.165) is 38.0 Å². The molecule has 0 aromatic rings. The summed E-state index contributed by atoms with van der Waals surface area (Å²) in [5.74, 6) is 0.541. The Balaban J connectivity index is 2.21. The van der Waals surface area contributed by atoms with Gasteiger partial charge in [-0.15, -0.1) is 11.6 Å². The topological polar surface area (TPSA) is 23.5 Å². The maximum absolute atomic E-state index is 9.24. The summed E-state index contributed by atoms with van der Waals surface area (Å²) in [5.41, 5.74) is 1.06. The molecule has 1 aliphatic heterocycles. The molecule has 3 heteroatoms. The number of rotatable bonds is 3. The first-order valence-electron chi connectivity index (χ1n) is 4.35. The molecule has 1 rings (SSSR count). The molecule has 0 aromatic heterocycles. The van der Waals surface area contributed by atoms with E-state index >= 15 is 0 Å². The zero-order valence-electron chi connectivity index (χ0n) is 7.30. The van der Waals surface area contributed by atoms with Gasteiger partial charge in [0.1, 0.15) is 0 Å². The van der Waals surface area contributed by atoms with Crippen molar-refractivity contribution < 1.29 is 5.11 Å². The van der Waals surface area contributed by atoms with Crippen LogP contribution in [0.15, 0.2) is 12.2 Å². The van der Waals surface area contributed by atoms with Crippen LogP contribution in [-0.4, -0.2) is 41.6 Å². The average molecular weight is 190 g/mol. The fourth-order valence-electron chi connectivity index (χ4n) is 1.44. The van der Waals surface area contributed by atoms with Crippen molar-refractivity contribution in [2.45, 2.75) is 18.9 Å². The molecule has 0 aromatic carbocycles. The predicted octanol–water partition coefficient (Wildman–Crippen LogP) is 1.24. The minimum atomic E-state index is -0.0921.